The first-order valence-corrected chi connectivity index (χ1v) is 6.96. The van der Waals surface area contributed by atoms with Gasteiger partial charge >= 0.3 is 0 Å². The van der Waals surface area contributed by atoms with Crippen molar-refractivity contribution in [3.05, 3.63) is 23.8 Å². The maximum absolute atomic E-state index is 11.8. The number of hydrogen-bond acceptors (Lipinski definition) is 4. The van der Waals surface area contributed by atoms with E-state index in [0.29, 0.717) is 6.54 Å². The first kappa shape index (κ1) is 14.7. The van der Waals surface area contributed by atoms with Gasteiger partial charge in [0.25, 0.3) is 0 Å². The molecule has 0 radical (unpaired) electrons. The van der Waals surface area contributed by atoms with E-state index in [-0.39, 0.29) is 18.6 Å². The largest absolute Gasteiger partial charge is 0.495 e. The van der Waals surface area contributed by atoms with Crippen LogP contribution in [0.2, 0.25) is 0 Å². The van der Waals surface area contributed by atoms with Gasteiger partial charge in [0.2, 0.25) is 5.91 Å². The summed E-state index contributed by atoms with van der Waals surface area (Å²) in [4.78, 5) is 11.8. The zero-order valence-electron chi connectivity index (χ0n) is 12.1. The summed E-state index contributed by atoms with van der Waals surface area (Å²) in [5, 5.41) is 5.98. The van der Waals surface area contributed by atoms with Crippen LogP contribution in [-0.4, -0.2) is 38.8 Å². The Kier molecular flexibility index (Phi) is 5.24. The Bertz CT molecular complexity index is 456. The molecular formula is C15H22N2O3. The van der Waals surface area contributed by atoms with Crippen molar-refractivity contribution in [3.8, 4) is 5.75 Å². The number of ether oxygens (including phenoxy) is 2. The summed E-state index contributed by atoms with van der Waals surface area (Å²) >= 11 is 0. The third kappa shape index (κ3) is 4.13. The molecule has 0 saturated carbocycles. The quantitative estimate of drug-likeness (QED) is 0.831. The fraction of sp³-hybridized carbons (Fsp3) is 0.533. The van der Waals surface area contributed by atoms with E-state index < -0.39 is 0 Å². The molecule has 1 saturated heterocycles. The molecule has 110 valence electrons. The van der Waals surface area contributed by atoms with E-state index in [4.69, 9.17) is 9.47 Å². The van der Waals surface area contributed by atoms with E-state index in [1.54, 1.807) is 7.11 Å². The van der Waals surface area contributed by atoms with E-state index in [2.05, 4.69) is 10.6 Å². The summed E-state index contributed by atoms with van der Waals surface area (Å²) in [7, 11) is 1.62. The molecule has 1 heterocycles. The lowest BCUT2D eigenvalue weighted by atomic mass is 10.2. The van der Waals surface area contributed by atoms with Gasteiger partial charge in [-0.25, -0.2) is 0 Å². The molecule has 0 aliphatic carbocycles. The number of nitrogens with one attached hydrogen (secondary N) is 2. The van der Waals surface area contributed by atoms with Crippen LogP contribution < -0.4 is 15.4 Å². The van der Waals surface area contributed by atoms with Gasteiger partial charge in [-0.3, -0.25) is 4.79 Å². The molecule has 5 heteroatoms. The van der Waals surface area contributed by atoms with Crippen molar-refractivity contribution in [3.63, 3.8) is 0 Å². The van der Waals surface area contributed by atoms with Crippen molar-refractivity contribution < 1.29 is 14.3 Å². The predicted octanol–water partition coefficient (Wildman–Crippen LogP) is 1.71. The summed E-state index contributed by atoms with van der Waals surface area (Å²) < 4.78 is 10.7. The highest BCUT2D eigenvalue weighted by Gasteiger charge is 2.16. The van der Waals surface area contributed by atoms with Crippen LogP contribution in [-0.2, 0) is 9.53 Å². The summed E-state index contributed by atoms with van der Waals surface area (Å²) in [6.07, 6.45) is 2.28. The number of benzene rings is 1. The zero-order valence-corrected chi connectivity index (χ0v) is 12.1. The first-order chi connectivity index (χ1) is 9.69. The lowest BCUT2D eigenvalue weighted by molar-refractivity contribution is -0.119. The Balaban J connectivity index is 1.78. The molecule has 1 unspecified atom stereocenters. The Hall–Kier alpha value is -1.75. The van der Waals surface area contributed by atoms with Crippen molar-refractivity contribution in [2.24, 2.45) is 0 Å². The summed E-state index contributed by atoms with van der Waals surface area (Å²) in [6.45, 7) is 3.62. The van der Waals surface area contributed by atoms with Crippen LogP contribution in [0.25, 0.3) is 0 Å². The van der Waals surface area contributed by atoms with E-state index in [9.17, 15) is 4.79 Å². The van der Waals surface area contributed by atoms with Crippen molar-refractivity contribution in [1.82, 2.24) is 5.32 Å². The molecule has 0 aromatic heterocycles. The van der Waals surface area contributed by atoms with Gasteiger partial charge in [0.15, 0.2) is 0 Å². The molecule has 1 aromatic rings. The molecule has 0 spiro atoms. The van der Waals surface area contributed by atoms with Gasteiger partial charge in [-0.05, 0) is 37.5 Å². The molecule has 1 atom stereocenters. The first-order valence-electron chi connectivity index (χ1n) is 6.96. The Morgan fingerprint density at radius 2 is 2.35 bits per heavy atom. The van der Waals surface area contributed by atoms with Crippen LogP contribution in [0.15, 0.2) is 18.2 Å². The molecule has 1 aromatic carbocycles. The van der Waals surface area contributed by atoms with Crippen molar-refractivity contribution in [1.29, 1.82) is 0 Å². The topological polar surface area (TPSA) is 59.6 Å². The second-order valence-electron chi connectivity index (χ2n) is 5.00. The number of carbonyl (C=O) groups is 1. The molecule has 2 N–H and O–H groups in total. The highest BCUT2D eigenvalue weighted by atomic mass is 16.5. The minimum absolute atomic E-state index is 0.0379. The molecular weight excluding hydrogens is 256 g/mol. The maximum atomic E-state index is 11.8. The van der Waals surface area contributed by atoms with Crippen LogP contribution in [0.5, 0.6) is 5.75 Å². The van der Waals surface area contributed by atoms with Crippen LogP contribution in [0.4, 0.5) is 5.69 Å². The van der Waals surface area contributed by atoms with E-state index in [1.165, 1.54) is 0 Å². The molecule has 1 aliphatic heterocycles. The second kappa shape index (κ2) is 7.14. The predicted molar refractivity (Wildman–Crippen MR) is 78.2 cm³/mol. The van der Waals surface area contributed by atoms with Crippen LogP contribution in [0.3, 0.4) is 0 Å². The number of anilines is 1. The molecule has 20 heavy (non-hydrogen) atoms. The fourth-order valence-electron chi connectivity index (χ4n) is 2.23. The van der Waals surface area contributed by atoms with Gasteiger partial charge in [0.1, 0.15) is 5.75 Å². The van der Waals surface area contributed by atoms with Gasteiger partial charge in [0, 0.05) is 13.2 Å². The summed E-state index contributed by atoms with van der Waals surface area (Å²) in [5.41, 5.74) is 1.95. The van der Waals surface area contributed by atoms with Crippen LogP contribution in [0.1, 0.15) is 18.4 Å². The Labute approximate surface area is 119 Å². The SMILES string of the molecule is COc1ccc(C)cc1NCC(=O)NCC1CCCO1. The summed E-state index contributed by atoms with van der Waals surface area (Å²) in [6, 6.07) is 5.83. The standard InChI is InChI=1S/C15H22N2O3/c1-11-5-6-14(19-2)13(8-11)16-10-15(18)17-9-12-4-3-7-20-12/h5-6,8,12,16H,3-4,7,9-10H2,1-2H3,(H,17,18). The Morgan fingerprint density at radius 3 is 3.05 bits per heavy atom. The minimum atomic E-state index is -0.0379. The second-order valence-corrected chi connectivity index (χ2v) is 5.00. The lowest BCUT2D eigenvalue weighted by Crippen LogP contribution is -2.35. The van der Waals surface area contributed by atoms with Gasteiger partial charge in [-0.15, -0.1) is 0 Å². The number of rotatable bonds is 6. The van der Waals surface area contributed by atoms with E-state index in [1.807, 2.05) is 25.1 Å². The van der Waals surface area contributed by atoms with Gasteiger partial charge in [-0.1, -0.05) is 6.07 Å². The van der Waals surface area contributed by atoms with Gasteiger partial charge < -0.3 is 20.1 Å². The maximum Gasteiger partial charge on any atom is 0.239 e. The third-order valence-corrected chi connectivity index (χ3v) is 3.35. The monoisotopic (exact) mass is 278 g/mol. The molecule has 0 bridgehead atoms. The van der Waals surface area contributed by atoms with Crippen molar-refractivity contribution >= 4 is 11.6 Å². The smallest absolute Gasteiger partial charge is 0.239 e. The average Bonchev–Trinajstić information content (AvgIpc) is 2.96. The average molecular weight is 278 g/mol. The van der Waals surface area contributed by atoms with Crippen LogP contribution >= 0.6 is 0 Å². The number of amides is 1. The number of hydrogen-bond donors (Lipinski definition) is 2. The van der Waals surface area contributed by atoms with Crippen LogP contribution in [0, 0.1) is 6.92 Å². The summed E-state index contributed by atoms with van der Waals surface area (Å²) in [5.74, 6) is 0.701. The third-order valence-electron chi connectivity index (χ3n) is 3.35. The molecule has 1 fully saturated rings. The Morgan fingerprint density at radius 1 is 1.50 bits per heavy atom. The molecule has 1 aliphatic rings. The number of aryl methyl sites for hydroxylation is 1. The molecule has 2 rings (SSSR count). The lowest BCUT2D eigenvalue weighted by Gasteiger charge is -2.13. The molecule has 1 amide bonds. The number of carbonyl (C=O) groups excluding carboxylic acids is 1. The highest BCUT2D eigenvalue weighted by Crippen LogP contribution is 2.24. The van der Waals surface area contributed by atoms with Gasteiger partial charge in [-0.2, -0.15) is 0 Å². The normalized spacial score (nSPS) is 17.8. The number of methoxy groups -OCH3 is 1. The van der Waals surface area contributed by atoms with Crippen molar-refractivity contribution in [2.45, 2.75) is 25.9 Å². The minimum Gasteiger partial charge on any atom is -0.495 e. The fourth-order valence-corrected chi connectivity index (χ4v) is 2.23. The van der Waals surface area contributed by atoms with E-state index in [0.717, 1.165) is 36.4 Å². The highest BCUT2D eigenvalue weighted by molar-refractivity contribution is 5.81. The van der Waals surface area contributed by atoms with E-state index >= 15 is 0 Å². The zero-order chi connectivity index (χ0) is 14.4. The van der Waals surface area contributed by atoms with Gasteiger partial charge in [0.05, 0.1) is 25.4 Å². The molecule has 5 nitrogen and oxygen atoms in total. The van der Waals surface area contributed by atoms with Crippen molar-refractivity contribution in [2.75, 3.05) is 32.1 Å².